The average Bonchev–Trinajstić information content (AvgIpc) is 2.35. The Kier molecular flexibility index (Phi) is 5.86. The summed E-state index contributed by atoms with van der Waals surface area (Å²) >= 11 is 0. The molecular weight excluding hydrogens is 244 g/mol. The van der Waals surface area contributed by atoms with Gasteiger partial charge < -0.3 is 0 Å². The molecule has 102 valence electrons. The number of rotatable bonds is 7. The SMILES string of the molecule is CCCCCCc1ccc(S(=O)(=O)C(C)C)cc1. The molecule has 0 amide bonds. The summed E-state index contributed by atoms with van der Waals surface area (Å²) in [6, 6.07) is 7.37. The van der Waals surface area contributed by atoms with Crippen LogP contribution in [0.15, 0.2) is 29.2 Å². The fraction of sp³-hybridized carbons (Fsp3) is 0.600. The van der Waals surface area contributed by atoms with Crippen LogP contribution in [-0.2, 0) is 16.3 Å². The maximum atomic E-state index is 11.9. The number of hydrogen-bond acceptors (Lipinski definition) is 2. The zero-order chi connectivity index (χ0) is 13.6. The summed E-state index contributed by atoms with van der Waals surface area (Å²) in [7, 11) is -3.12. The Morgan fingerprint density at radius 2 is 1.61 bits per heavy atom. The lowest BCUT2D eigenvalue weighted by atomic mass is 10.1. The van der Waals surface area contributed by atoms with Gasteiger partial charge in [0, 0.05) is 0 Å². The molecule has 0 bridgehead atoms. The van der Waals surface area contributed by atoms with Crippen LogP contribution in [0.4, 0.5) is 0 Å². The fourth-order valence-electron chi connectivity index (χ4n) is 1.87. The Morgan fingerprint density at radius 1 is 1.00 bits per heavy atom. The van der Waals surface area contributed by atoms with Gasteiger partial charge in [-0.2, -0.15) is 0 Å². The van der Waals surface area contributed by atoms with Gasteiger partial charge in [0.05, 0.1) is 10.1 Å². The zero-order valence-corrected chi connectivity index (χ0v) is 12.5. The lowest BCUT2D eigenvalue weighted by Crippen LogP contribution is -2.13. The topological polar surface area (TPSA) is 34.1 Å². The lowest BCUT2D eigenvalue weighted by Gasteiger charge is -2.08. The van der Waals surface area contributed by atoms with E-state index in [0.29, 0.717) is 4.90 Å². The maximum absolute atomic E-state index is 11.9. The molecule has 0 unspecified atom stereocenters. The van der Waals surface area contributed by atoms with E-state index in [1.165, 1.54) is 31.2 Å². The van der Waals surface area contributed by atoms with Gasteiger partial charge in [0.15, 0.2) is 9.84 Å². The van der Waals surface area contributed by atoms with Crippen LogP contribution in [0.1, 0.15) is 52.0 Å². The molecule has 0 heterocycles. The molecule has 1 aromatic carbocycles. The van der Waals surface area contributed by atoms with E-state index in [2.05, 4.69) is 6.92 Å². The van der Waals surface area contributed by atoms with Gasteiger partial charge in [0.25, 0.3) is 0 Å². The second-order valence-corrected chi connectivity index (χ2v) is 7.55. The molecule has 0 saturated carbocycles. The van der Waals surface area contributed by atoms with Gasteiger partial charge in [-0.1, -0.05) is 38.3 Å². The minimum Gasteiger partial charge on any atom is -0.223 e. The molecule has 0 saturated heterocycles. The number of benzene rings is 1. The smallest absolute Gasteiger partial charge is 0.180 e. The standard InChI is InChI=1S/C15H24O2S/c1-4-5-6-7-8-14-9-11-15(12-10-14)18(16,17)13(2)3/h9-13H,4-8H2,1-3H3. The van der Waals surface area contributed by atoms with Crippen molar-refractivity contribution in [3.8, 4) is 0 Å². The van der Waals surface area contributed by atoms with E-state index in [0.717, 1.165) is 6.42 Å². The zero-order valence-electron chi connectivity index (χ0n) is 11.6. The highest BCUT2D eigenvalue weighted by atomic mass is 32.2. The lowest BCUT2D eigenvalue weighted by molar-refractivity contribution is 0.587. The molecule has 1 aromatic rings. The summed E-state index contributed by atoms with van der Waals surface area (Å²) in [5, 5.41) is -0.354. The third-order valence-electron chi connectivity index (χ3n) is 3.19. The van der Waals surface area contributed by atoms with Crippen LogP contribution in [0, 0.1) is 0 Å². The van der Waals surface area contributed by atoms with Crippen LogP contribution in [0.3, 0.4) is 0 Å². The highest BCUT2D eigenvalue weighted by Gasteiger charge is 2.18. The van der Waals surface area contributed by atoms with Gasteiger partial charge in [-0.15, -0.1) is 0 Å². The van der Waals surface area contributed by atoms with Crippen molar-refractivity contribution in [2.45, 2.75) is 63.0 Å². The predicted molar refractivity (Wildman–Crippen MR) is 76.6 cm³/mol. The summed E-state index contributed by atoms with van der Waals surface area (Å²) in [6.07, 6.45) is 6.00. The van der Waals surface area contributed by atoms with E-state index < -0.39 is 9.84 Å². The maximum Gasteiger partial charge on any atom is 0.180 e. The first kappa shape index (κ1) is 15.2. The molecule has 1 rings (SSSR count). The molecular formula is C15H24O2S. The van der Waals surface area contributed by atoms with Crippen LogP contribution >= 0.6 is 0 Å². The molecule has 0 aliphatic heterocycles. The Hall–Kier alpha value is -0.830. The van der Waals surface area contributed by atoms with Crippen LogP contribution in [0.5, 0.6) is 0 Å². The van der Waals surface area contributed by atoms with Crippen molar-refractivity contribution in [2.75, 3.05) is 0 Å². The van der Waals surface area contributed by atoms with Crippen molar-refractivity contribution in [2.24, 2.45) is 0 Å². The van der Waals surface area contributed by atoms with Crippen molar-refractivity contribution in [3.63, 3.8) is 0 Å². The second-order valence-electron chi connectivity index (χ2n) is 5.05. The van der Waals surface area contributed by atoms with Crippen molar-refractivity contribution in [1.29, 1.82) is 0 Å². The molecule has 18 heavy (non-hydrogen) atoms. The van der Waals surface area contributed by atoms with Gasteiger partial charge in [-0.3, -0.25) is 0 Å². The summed E-state index contributed by atoms with van der Waals surface area (Å²) in [5.74, 6) is 0. The van der Waals surface area contributed by atoms with Crippen LogP contribution in [0.2, 0.25) is 0 Å². The van der Waals surface area contributed by atoms with Gasteiger partial charge in [-0.25, -0.2) is 8.42 Å². The highest BCUT2D eigenvalue weighted by molar-refractivity contribution is 7.92. The minimum atomic E-state index is -3.12. The van der Waals surface area contributed by atoms with E-state index in [1.807, 2.05) is 12.1 Å². The van der Waals surface area contributed by atoms with Crippen LogP contribution < -0.4 is 0 Å². The van der Waals surface area contributed by atoms with Gasteiger partial charge >= 0.3 is 0 Å². The number of sulfone groups is 1. The second kappa shape index (κ2) is 6.93. The highest BCUT2D eigenvalue weighted by Crippen LogP contribution is 2.17. The normalized spacial score (nSPS) is 12.0. The monoisotopic (exact) mass is 268 g/mol. The first-order valence-electron chi connectivity index (χ1n) is 6.81. The number of aryl methyl sites for hydroxylation is 1. The third-order valence-corrected chi connectivity index (χ3v) is 5.36. The van der Waals surface area contributed by atoms with Gasteiger partial charge in [-0.05, 0) is 44.4 Å². The van der Waals surface area contributed by atoms with Crippen molar-refractivity contribution < 1.29 is 8.42 Å². The van der Waals surface area contributed by atoms with Crippen LogP contribution in [0.25, 0.3) is 0 Å². The Balaban J connectivity index is 2.63. The summed E-state index contributed by atoms with van der Waals surface area (Å²) in [4.78, 5) is 0.440. The van der Waals surface area contributed by atoms with E-state index in [1.54, 1.807) is 26.0 Å². The first-order chi connectivity index (χ1) is 8.48. The third kappa shape index (κ3) is 4.13. The van der Waals surface area contributed by atoms with Gasteiger partial charge in [0.1, 0.15) is 0 Å². The Bertz CT molecular complexity index is 444. The van der Waals surface area contributed by atoms with Crippen molar-refractivity contribution in [1.82, 2.24) is 0 Å². The molecule has 0 N–H and O–H groups in total. The van der Waals surface area contributed by atoms with Crippen molar-refractivity contribution >= 4 is 9.84 Å². The van der Waals surface area contributed by atoms with Crippen molar-refractivity contribution in [3.05, 3.63) is 29.8 Å². The minimum absolute atomic E-state index is 0.354. The summed E-state index contributed by atoms with van der Waals surface area (Å²) < 4.78 is 23.9. The average molecular weight is 268 g/mol. The predicted octanol–water partition coefficient (Wildman–Crippen LogP) is 3.99. The number of unbranched alkanes of at least 4 members (excludes halogenated alkanes) is 3. The molecule has 0 spiro atoms. The molecule has 0 fully saturated rings. The molecule has 3 heteroatoms. The van der Waals surface area contributed by atoms with E-state index in [4.69, 9.17) is 0 Å². The fourth-order valence-corrected chi connectivity index (χ4v) is 2.93. The van der Waals surface area contributed by atoms with Crippen LogP contribution in [-0.4, -0.2) is 13.7 Å². The number of hydrogen-bond donors (Lipinski definition) is 0. The van der Waals surface area contributed by atoms with Gasteiger partial charge in [0.2, 0.25) is 0 Å². The molecule has 0 aliphatic carbocycles. The van der Waals surface area contributed by atoms with E-state index in [-0.39, 0.29) is 5.25 Å². The summed E-state index contributed by atoms with van der Waals surface area (Å²) in [5.41, 5.74) is 1.23. The first-order valence-corrected chi connectivity index (χ1v) is 8.36. The quantitative estimate of drug-likeness (QED) is 0.701. The molecule has 2 nitrogen and oxygen atoms in total. The largest absolute Gasteiger partial charge is 0.223 e. The molecule has 0 aromatic heterocycles. The Morgan fingerprint density at radius 3 is 2.11 bits per heavy atom. The Labute approximate surface area is 111 Å². The molecule has 0 atom stereocenters. The van der Waals surface area contributed by atoms with E-state index >= 15 is 0 Å². The summed E-state index contributed by atoms with van der Waals surface area (Å²) in [6.45, 7) is 5.63. The molecule has 0 radical (unpaired) electrons. The van der Waals surface area contributed by atoms with E-state index in [9.17, 15) is 8.42 Å². The molecule has 0 aliphatic rings.